The number of halogens is 1. The number of carbonyl (C=O) groups excluding carboxylic acids is 2. The molecule has 0 spiro atoms. The Morgan fingerprint density at radius 2 is 1.87 bits per heavy atom. The summed E-state index contributed by atoms with van der Waals surface area (Å²) in [5, 5.41) is 5.47. The van der Waals surface area contributed by atoms with Crippen molar-refractivity contribution in [2.45, 2.75) is 44.5 Å². The van der Waals surface area contributed by atoms with Gasteiger partial charge in [-0.2, -0.15) is 0 Å². The third-order valence-corrected chi connectivity index (χ3v) is 1.94. The van der Waals surface area contributed by atoms with Crippen molar-refractivity contribution < 1.29 is 9.59 Å². The van der Waals surface area contributed by atoms with Crippen LogP contribution in [0, 0.1) is 0 Å². The second kappa shape index (κ2) is 6.10. The van der Waals surface area contributed by atoms with Crippen LogP contribution in [0.3, 0.4) is 0 Å². The van der Waals surface area contributed by atoms with Gasteiger partial charge in [-0.15, -0.1) is 0 Å². The minimum atomic E-state index is -0.219. The van der Waals surface area contributed by atoms with Crippen LogP contribution >= 0.6 is 15.9 Å². The van der Waals surface area contributed by atoms with Gasteiger partial charge in [0.2, 0.25) is 11.8 Å². The molecule has 0 heterocycles. The highest BCUT2D eigenvalue weighted by atomic mass is 79.9. The number of carbonyl (C=O) groups is 2. The quantitative estimate of drug-likeness (QED) is 0.759. The molecule has 0 aromatic rings. The minimum Gasteiger partial charge on any atom is -0.355 e. The zero-order valence-electron chi connectivity index (χ0n) is 9.69. The van der Waals surface area contributed by atoms with Gasteiger partial charge in [0, 0.05) is 18.5 Å². The van der Waals surface area contributed by atoms with Crippen LogP contribution in [0.2, 0.25) is 0 Å². The highest BCUT2D eigenvalue weighted by molar-refractivity contribution is 9.10. The Hall–Kier alpha value is -0.580. The fraction of sp³-hybridized carbons (Fsp3) is 0.800. The Bertz CT molecular complexity index is 234. The van der Waals surface area contributed by atoms with Crippen molar-refractivity contribution in [1.82, 2.24) is 10.6 Å². The third-order valence-electron chi connectivity index (χ3n) is 1.53. The first-order chi connectivity index (χ1) is 6.72. The van der Waals surface area contributed by atoms with E-state index in [-0.39, 0.29) is 22.2 Å². The Morgan fingerprint density at radius 1 is 1.33 bits per heavy atom. The maximum atomic E-state index is 11.3. The molecule has 2 amide bonds. The van der Waals surface area contributed by atoms with Gasteiger partial charge in [0.05, 0.1) is 4.83 Å². The summed E-state index contributed by atoms with van der Waals surface area (Å²) >= 11 is 3.14. The van der Waals surface area contributed by atoms with Crippen molar-refractivity contribution >= 4 is 27.7 Å². The van der Waals surface area contributed by atoms with E-state index in [0.717, 1.165) is 0 Å². The van der Waals surface area contributed by atoms with E-state index in [4.69, 9.17) is 0 Å². The van der Waals surface area contributed by atoms with E-state index < -0.39 is 0 Å². The van der Waals surface area contributed by atoms with Gasteiger partial charge >= 0.3 is 0 Å². The molecular weight excluding hydrogens is 260 g/mol. The third kappa shape index (κ3) is 8.42. The van der Waals surface area contributed by atoms with E-state index >= 15 is 0 Å². The predicted molar refractivity (Wildman–Crippen MR) is 63.9 cm³/mol. The molecule has 0 saturated heterocycles. The van der Waals surface area contributed by atoms with Crippen LogP contribution in [0.4, 0.5) is 0 Å². The Kier molecular flexibility index (Phi) is 5.87. The fourth-order valence-corrected chi connectivity index (χ4v) is 1.08. The summed E-state index contributed by atoms with van der Waals surface area (Å²) < 4.78 is 0. The highest BCUT2D eigenvalue weighted by Crippen LogP contribution is 1.99. The predicted octanol–water partition coefficient (Wildman–Crippen LogP) is 1.19. The number of rotatable bonds is 4. The zero-order chi connectivity index (χ0) is 12.1. The Morgan fingerprint density at radius 3 is 2.27 bits per heavy atom. The maximum Gasteiger partial charge on any atom is 0.233 e. The normalized spacial score (nSPS) is 13.1. The van der Waals surface area contributed by atoms with E-state index in [0.29, 0.717) is 13.0 Å². The molecule has 0 aliphatic rings. The molecule has 88 valence electrons. The lowest BCUT2D eigenvalue weighted by molar-refractivity contribution is -0.122. The summed E-state index contributed by atoms with van der Waals surface area (Å²) in [6, 6.07) is 0. The molecule has 0 aliphatic heterocycles. The van der Waals surface area contributed by atoms with E-state index in [9.17, 15) is 9.59 Å². The molecule has 0 bridgehead atoms. The Balaban J connectivity index is 3.70. The first-order valence-corrected chi connectivity index (χ1v) is 5.87. The monoisotopic (exact) mass is 278 g/mol. The second-order valence-electron chi connectivity index (χ2n) is 4.46. The topological polar surface area (TPSA) is 58.2 Å². The van der Waals surface area contributed by atoms with Crippen LogP contribution in [0.15, 0.2) is 0 Å². The average molecular weight is 279 g/mol. The van der Waals surface area contributed by atoms with Gasteiger partial charge in [0.25, 0.3) is 0 Å². The molecule has 0 aromatic carbocycles. The van der Waals surface area contributed by atoms with Crippen molar-refractivity contribution in [2.75, 3.05) is 6.54 Å². The maximum absolute atomic E-state index is 11.3. The lowest BCUT2D eigenvalue weighted by atomic mass is 10.1. The number of amides is 2. The molecule has 0 radical (unpaired) electrons. The number of hydrogen-bond donors (Lipinski definition) is 2. The summed E-state index contributed by atoms with van der Waals surface area (Å²) in [7, 11) is 0. The van der Waals surface area contributed by atoms with Gasteiger partial charge < -0.3 is 10.6 Å². The molecule has 0 aliphatic carbocycles. The van der Waals surface area contributed by atoms with Crippen molar-refractivity contribution in [3.63, 3.8) is 0 Å². The molecule has 1 atom stereocenters. The fourth-order valence-electron chi connectivity index (χ4n) is 0.921. The standard InChI is InChI=1S/C10H19BrN2O2/c1-7(11)9(15)12-6-5-8(14)13-10(2,3)4/h7H,5-6H2,1-4H3,(H,12,15)(H,13,14). The largest absolute Gasteiger partial charge is 0.355 e. The van der Waals surface area contributed by atoms with Crippen LogP contribution in [-0.4, -0.2) is 28.7 Å². The zero-order valence-corrected chi connectivity index (χ0v) is 11.3. The van der Waals surface area contributed by atoms with Crippen molar-refractivity contribution in [2.24, 2.45) is 0 Å². The minimum absolute atomic E-state index is 0.0509. The van der Waals surface area contributed by atoms with E-state index in [2.05, 4.69) is 26.6 Å². The first kappa shape index (κ1) is 14.4. The molecule has 0 saturated carbocycles. The molecule has 0 aromatic heterocycles. The van der Waals surface area contributed by atoms with Gasteiger partial charge in [-0.25, -0.2) is 0 Å². The van der Waals surface area contributed by atoms with E-state index in [1.54, 1.807) is 6.92 Å². The van der Waals surface area contributed by atoms with Crippen molar-refractivity contribution in [3.05, 3.63) is 0 Å². The SMILES string of the molecule is CC(Br)C(=O)NCCC(=O)NC(C)(C)C. The molecule has 15 heavy (non-hydrogen) atoms. The number of nitrogens with one attached hydrogen (secondary N) is 2. The highest BCUT2D eigenvalue weighted by Gasteiger charge is 2.14. The van der Waals surface area contributed by atoms with Gasteiger partial charge in [-0.1, -0.05) is 15.9 Å². The molecule has 2 N–H and O–H groups in total. The van der Waals surface area contributed by atoms with Crippen LogP contribution in [-0.2, 0) is 9.59 Å². The van der Waals surface area contributed by atoms with Crippen LogP contribution in [0.5, 0.6) is 0 Å². The first-order valence-electron chi connectivity index (χ1n) is 4.95. The lowest BCUT2D eigenvalue weighted by Gasteiger charge is -2.20. The van der Waals surface area contributed by atoms with Gasteiger partial charge in [0.15, 0.2) is 0 Å². The molecule has 4 nitrogen and oxygen atoms in total. The summed E-state index contributed by atoms with van der Waals surface area (Å²) in [4.78, 5) is 22.2. The van der Waals surface area contributed by atoms with Crippen molar-refractivity contribution in [3.8, 4) is 0 Å². The van der Waals surface area contributed by atoms with Crippen LogP contribution in [0.25, 0.3) is 0 Å². The van der Waals surface area contributed by atoms with Crippen LogP contribution < -0.4 is 10.6 Å². The van der Waals surface area contributed by atoms with Gasteiger partial charge in [-0.05, 0) is 27.7 Å². The summed E-state index contributed by atoms with van der Waals surface area (Å²) in [5.41, 5.74) is -0.218. The molecule has 0 rings (SSSR count). The van der Waals surface area contributed by atoms with Crippen molar-refractivity contribution in [1.29, 1.82) is 0 Å². The molecule has 1 unspecified atom stereocenters. The lowest BCUT2D eigenvalue weighted by Crippen LogP contribution is -2.42. The molecular formula is C10H19BrN2O2. The van der Waals surface area contributed by atoms with E-state index in [1.165, 1.54) is 0 Å². The average Bonchev–Trinajstić information content (AvgIpc) is 2.00. The van der Waals surface area contributed by atoms with Crippen LogP contribution in [0.1, 0.15) is 34.1 Å². The van der Waals surface area contributed by atoms with Gasteiger partial charge in [0.1, 0.15) is 0 Å². The summed E-state index contributed by atoms with van der Waals surface area (Å²) in [6.07, 6.45) is 0.308. The van der Waals surface area contributed by atoms with Gasteiger partial charge in [-0.3, -0.25) is 9.59 Å². The number of alkyl halides is 1. The summed E-state index contributed by atoms with van der Waals surface area (Å²) in [5.74, 6) is -0.149. The number of hydrogen-bond acceptors (Lipinski definition) is 2. The Labute approximate surface area is 99.3 Å². The smallest absolute Gasteiger partial charge is 0.233 e. The summed E-state index contributed by atoms with van der Waals surface area (Å²) in [6.45, 7) is 7.87. The van der Waals surface area contributed by atoms with E-state index in [1.807, 2.05) is 20.8 Å². The second-order valence-corrected chi connectivity index (χ2v) is 5.83. The molecule has 0 fully saturated rings. The molecule has 5 heteroatoms.